The van der Waals surface area contributed by atoms with E-state index in [0.717, 1.165) is 18.2 Å². The lowest BCUT2D eigenvalue weighted by molar-refractivity contribution is -0.140. The van der Waals surface area contributed by atoms with Crippen LogP contribution in [0.3, 0.4) is 0 Å². The molecule has 0 saturated carbocycles. The van der Waals surface area contributed by atoms with Crippen LogP contribution in [-0.2, 0) is 25.8 Å². The first kappa shape index (κ1) is 15.4. The molecule has 3 N–H and O–H groups in total. The molecule has 1 aromatic rings. The predicted octanol–water partition coefficient (Wildman–Crippen LogP) is 0.401. The first-order chi connectivity index (χ1) is 8.64. The summed E-state index contributed by atoms with van der Waals surface area (Å²) in [6.45, 7) is -0.798. The minimum Gasteiger partial charge on any atom is -0.368 e. The van der Waals surface area contributed by atoms with Gasteiger partial charge in [-0.05, 0) is 12.1 Å². The number of hydrogen-bond acceptors (Lipinski definition) is 4. The van der Waals surface area contributed by atoms with Gasteiger partial charge in [-0.1, -0.05) is 17.0 Å². The fourth-order valence-electron chi connectivity index (χ4n) is 1.16. The van der Waals surface area contributed by atoms with E-state index >= 15 is 0 Å². The molecule has 0 aliphatic heterocycles. The van der Waals surface area contributed by atoms with Gasteiger partial charge >= 0.3 is 6.18 Å². The van der Waals surface area contributed by atoms with Crippen LogP contribution in [0.2, 0.25) is 0 Å². The fourth-order valence-corrected chi connectivity index (χ4v) is 2.19. The zero-order chi connectivity index (χ0) is 14.7. The number of benzene rings is 1. The van der Waals surface area contributed by atoms with E-state index in [9.17, 15) is 26.4 Å². The van der Waals surface area contributed by atoms with Crippen molar-refractivity contribution in [1.82, 2.24) is 4.89 Å². The molecule has 0 heterocycles. The highest BCUT2D eigenvalue weighted by atomic mass is 32.2. The smallest absolute Gasteiger partial charge is 0.368 e. The van der Waals surface area contributed by atoms with E-state index < -0.39 is 39.2 Å². The van der Waals surface area contributed by atoms with Gasteiger partial charge in [0.25, 0.3) is 10.0 Å². The molecule has 0 aliphatic rings. The Bertz CT molecular complexity index is 571. The van der Waals surface area contributed by atoms with Gasteiger partial charge in [0.15, 0.2) is 0 Å². The number of amides is 1. The van der Waals surface area contributed by atoms with Crippen LogP contribution in [0.15, 0.2) is 29.2 Å². The Labute approximate surface area is 106 Å². The summed E-state index contributed by atoms with van der Waals surface area (Å²) in [6.07, 6.45) is -4.84. The Morgan fingerprint density at radius 1 is 1.32 bits per heavy atom. The van der Waals surface area contributed by atoms with E-state index in [2.05, 4.69) is 10.6 Å². The van der Waals surface area contributed by atoms with Crippen LogP contribution in [0.25, 0.3) is 0 Å². The SMILES string of the molecule is NC(=O)CONS(=O)(=O)c1ccccc1C(F)(F)F. The lowest BCUT2D eigenvalue weighted by Gasteiger charge is -2.13. The normalized spacial score (nSPS) is 12.4. The number of alkyl halides is 3. The lowest BCUT2D eigenvalue weighted by atomic mass is 10.2. The van der Waals surface area contributed by atoms with Crippen molar-refractivity contribution in [3.63, 3.8) is 0 Å². The van der Waals surface area contributed by atoms with Crippen LogP contribution >= 0.6 is 0 Å². The third kappa shape index (κ3) is 4.19. The van der Waals surface area contributed by atoms with Gasteiger partial charge < -0.3 is 5.73 Å². The maximum absolute atomic E-state index is 12.6. The largest absolute Gasteiger partial charge is 0.417 e. The summed E-state index contributed by atoms with van der Waals surface area (Å²) in [6, 6.07) is 3.55. The molecule has 0 saturated heterocycles. The molecule has 0 atom stereocenters. The van der Waals surface area contributed by atoms with E-state index in [1.165, 1.54) is 4.89 Å². The van der Waals surface area contributed by atoms with Crippen LogP contribution in [-0.4, -0.2) is 20.9 Å². The Morgan fingerprint density at radius 3 is 2.42 bits per heavy atom. The number of carbonyl (C=O) groups is 1. The lowest BCUT2D eigenvalue weighted by Crippen LogP contribution is -2.30. The van der Waals surface area contributed by atoms with Crippen molar-refractivity contribution in [1.29, 1.82) is 0 Å². The molecule has 0 aromatic heterocycles. The Balaban J connectivity index is 3.05. The summed E-state index contributed by atoms with van der Waals surface area (Å²) in [5, 5.41) is 0. The van der Waals surface area contributed by atoms with Gasteiger partial charge in [-0.15, -0.1) is 0 Å². The van der Waals surface area contributed by atoms with Crippen molar-refractivity contribution in [3.05, 3.63) is 29.8 Å². The minimum absolute atomic E-state index is 0.614. The molecule has 6 nitrogen and oxygen atoms in total. The van der Waals surface area contributed by atoms with E-state index in [-0.39, 0.29) is 0 Å². The molecule has 10 heteroatoms. The van der Waals surface area contributed by atoms with Gasteiger partial charge in [0.1, 0.15) is 6.61 Å². The fraction of sp³-hybridized carbons (Fsp3) is 0.222. The van der Waals surface area contributed by atoms with Gasteiger partial charge in [0.05, 0.1) is 10.5 Å². The zero-order valence-corrected chi connectivity index (χ0v) is 10.1. The first-order valence-electron chi connectivity index (χ1n) is 4.73. The summed E-state index contributed by atoms with van der Waals surface area (Å²) in [5.41, 5.74) is 3.34. The molecule has 0 fully saturated rings. The number of hydrogen-bond donors (Lipinski definition) is 2. The number of halogens is 3. The molecule has 106 valence electrons. The third-order valence-electron chi connectivity index (χ3n) is 1.87. The molecular formula is C9H9F3N2O4S. The van der Waals surface area contributed by atoms with Crippen molar-refractivity contribution < 1.29 is 31.2 Å². The van der Waals surface area contributed by atoms with Crippen molar-refractivity contribution >= 4 is 15.9 Å². The number of nitrogens with one attached hydrogen (secondary N) is 1. The molecule has 0 bridgehead atoms. The monoisotopic (exact) mass is 298 g/mol. The number of carbonyl (C=O) groups excluding carboxylic acids is 1. The van der Waals surface area contributed by atoms with Crippen LogP contribution in [0, 0.1) is 0 Å². The quantitative estimate of drug-likeness (QED) is 0.769. The summed E-state index contributed by atoms with van der Waals surface area (Å²) < 4.78 is 61.1. The molecule has 1 aromatic carbocycles. The average Bonchev–Trinajstić information content (AvgIpc) is 2.27. The highest BCUT2D eigenvalue weighted by molar-refractivity contribution is 7.89. The summed E-state index contributed by atoms with van der Waals surface area (Å²) in [7, 11) is -4.57. The number of nitrogens with two attached hydrogens (primary N) is 1. The molecule has 19 heavy (non-hydrogen) atoms. The molecule has 0 unspecified atom stereocenters. The number of primary amides is 1. The molecule has 0 spiro atoms. The van der Waals surface area contributed by atoms with Gasteiger partial charge in [0, 0.05) is 0 Å². The maximum atomic E-state index is 12.6. The molecule has 1 rings (SSSR count). The second-order valence-corrected chi connectivity index (χ2v) is 4.95. The van der Waals surface area contributed by atoms with Gasteiger partial charge in [-0.2, -0.15) is 13.2 Å². The number of rotatable bonds is 5. The standard InChI is InChI=1S/C9H9F3N2O4S/c10-9(11,12)6-3-1-2-4-7(6)19(16,17)14-18-5-8(13)15/h1-4,14H,5H2,(H2,13,15). The first-order valence-corrected chi connectivity index (χ1v) is 6.21. The molecule has 0 aliphatic carbocycles. The second kappa shape index (κ2) is 5.55. The maximum Gasteiger partial charge on any atom is 0.417 e. The van der Waals surface area contributed by atoms with Crippen molar-refractivity contribution in [3.8, 4) is 0 Å². The van der Waals surface area contributed by atoms with E-state index in [4.69, 9.17) is 0 Å². The summed E-state index contributed by atoms with van der Waals surface area (Å²) >= 11 is 0. The topological polar surface area (TPSA) is 98.5 Å². The Hall–Kier alpha value is -1.65. The van der Waals surface area contributed by atoms with Crippen LogP contribution in [0.4, 0.5) is 13.2 Å². The molecular weight excluding hydrogens is 289 g/mol. The molecule has 0 radical (unpaired) electrons. The van der Waals surface area contributed by atoms with Crippen LogP contribution < -0.4 is 10.6 Å². The average molecular weight is 298 g/mol. The van der Waals surface area contributed by atoms with Crippen molar-refractivity contribution in [2.75, 3.05) is 6.61 Å². The minimum atomic E-state index is -4.84. The van der Waals surface area contributed by atoms with Gasteiger partial charge in [0.2, 0.25) is 5.91 Å². The highest BCUT2D eigenvalue weighted by Crippen LogP contribution is 2.33. The van der Waals surface area contributed by atoms with E-state index in [1.54, 1.807) is 0 Å². The Kier molecular flexibility index (Phi) is 4.50. The van der Waals surface area contributed by atoms with Crippen LogP contribution in [0.1, 0.15) is 5.56 Å². The number of sulfonamides is 1. The van der Waals surface area contributed by atoms with Crippen LogP contribution in [0.5, 0.6) is 0 Å². The van der Waals surface area contributed by atoms with Gasteiger partial charge in [-0.3, -0.25) is 9.63 Å². The summed E-state index contributed by atoms with van der Waals surface area (Å²) in [5.74, 6) is -0.980. The second-order valence-electron chi connectivity index (χ2n) is 3.34. The predicted molar refractivity (Wildman–Crippen MR) is 56.9 cm³/mol. The Morgan fingerprint density at radius 2 is 1.89 bits per heavy atom. The summed E-state index contributed by atoms with van der Waals surface area (Å²) in [4.78, 5) is 14.9. The van der Waals surface area contributed by atoms with Crippen molar-refractivity contribution in [2.45, 2.75) is 11.1 Å². The van der Waals surface area contributed by atoms with E-state index in [1.807, 2.05) is 0 Å². The molecule has 1 amide bonds. The highest BCUT2D eigenvalue weighted by Gasteiger charge is 2.36. The van der Waals surface area contributed by atoms with Crippen molar-refractivity contribution in [2.24, 2.45) is 5.73 Å². The third-order valence-corrected chi connectivity index (χ3v) is 3.14. The zero-order valence-electron chi connectivity index (χ0n) is 9.27. The van der Waals surface area contributed by atoms with E-state index in [0.29, 0.717) is 6.07 Å². The van der Waals surface area contributed by atoms with Gasteiger partial charge in [-0.25, -0.2) is 8.42 Å².